The van der Waals surface area contributed by atoms with Crippen LogP contribution in [0.25, 0.3) is 0 Å². The average molecular weight is 176 g/mol. The van der Waals surface area contributed by atoms with Crippen molar-refractivity contribution in [3.05, 3.63) is 30.1 Å². The predicted molar refractivity (Wildman–Crippen MR) is 53.3 cm³/mol. The largest absolute Gasteiger partial charge is 0.330 e. The minimum absolute atomic E-state index is 0.406. The minimum atomic E-state index is 0.406. The van der Waals surface area contributed by atoms with Gasteiger partial charge in [-0.25, -0.2) is 0 Å². The molecule has 1 fully saturated rings. The highest BCUT2D eigenvalue weighted by Gasteiger charge is 2.35. The number of pyridine rings is 1. The number of nitrogens with two attached hydrogens (primary N) is 1. The van der Waals surface area contributed by atoms with E-state index in [1.807, 2.05) is 18.5 Å². The third kappa shape index (κ3) is 1.73. The maximum Gasteiger partial charge on any atom is 0.0300 e. The number of rotatable bonds is 3. The Morgan fingerprint density at radius 3 is 2.77 bits per heavy atom. The van der Waals surface area contributed by atoms with Gasteiger partial charge in [-0.2, -0.15) is 0 Å². The third-order valence-electron chi connectivity index (χ3n) is 3.15. The molecule has 0 saturated heterocycles. The maximum atomic E-state index is 5.80. The Morgan fingerprint density at radius 2 is 2.31 bits per heavy atom. The van der Waals surface area contributed by atoms with Crippen molar-refractivity contribution in [2.45, 2.75) is 25.7 Å². The summed E-state index contributed by atoms with van der Waals surface area (Å²) >= 11 is 0. The summed E-state index contributed by atoms with van der Waals surface area (Å²) in [5.74, 6) is 0. The van der Waals surface area contributed by atoms with Gasteiger partial charge < -0.3 is 5.73 Å². The van der Waals surface area contributed by atoms with E-state index in [1.165, 1.54) is 24.8 Å². The summed E-state index contributed by atoms with van der Waals surface area (Å²) in [5.41, 5.74) is 7.53. The van der Waals surface area contributed by atoms with Gasteiger partial charge in [0.25, 0.3) is 0 Å². The summed E-state index contributed by atoms with van der Waals surface area (Å²) in [6, 6.07) is 4.14. The Balaban J connectivity index is 2.05. The Labute approximate surface area is 79.2 Å². The molecular weight excluding hydrogens is 160 g/mol. The van der Waals surface area contributed by atoms with Crippen LogP contribution in [0.15, 0.2) is 24.5 Å². The van der Waals surface area contributed by atoms with Crippen LogP contribution >= 0.6 is 0 Å². The van der Waals surface area contributed by atoms with Gasteiger partial charge in [-0.1, -0.05) is 12.5 Å². The first kappa shape index (κ1) is 8.70. The highest BCUT2D eigenvalue weighted by atomic mass is 14.6. The van der Waals surface area contributed by atoms with E-state index >= 15 is 0 Å². The van der Waals surface area contributed by atoms with Crippen LogP contribution in [0.3, 0.4) is 0 Å². The molecule has 13 heavy (non-hydrogen) atoms. The zero-order valence-electron chi connectivity index (χ0n) is 7.87. The first-order valence-electron chi connectivity index (χ1n) is 4.94. The number of aromatic nitrogens is 1. The molecule has 0 aliphatic heterocycles. The third-order valence-corrected chi connectivity index (χ3v) is 3.15. The van der Waals surface area contributed by atoms with Gasteiger partial charge in [0, 0.05) is 12.4 Å². The normalized spacial score (nSPS) is 19.5. The first-order chi connectivity index (χ1) is 6.35. The van der Waals surface area contributed by atoms with Crippen LogP contribution in [-0.2, 0) is 6.42 Å². The fraction of sp³-hybridized carbons (Fsp3) is 0.545. The quantitative estimate of drug-likeness (QED) is 0.762. The lowest BCUT2D eigenvalue weighted by Gasteiger charge is -2.41. The zero-order valence-corrected chi connectivity index (χ0v) is 7.87. The monoisotopic (exact) mass is 176 g/mol. The van der Waals surface area contributed by atoms with Crippen LogP contribution in [0.1, 0.15) is 24.8 Å². The van der Waals surface area contributed by atoms with Crippen molar-refractivity contribution in [1.29, 1.82) is 0 Å². The van der Waals surface area contributed by atoms with Gasteiger partial charge in [-0.3, -0.25) is 4.98 Å². The summed E-state index contributed by atoms with van der Waals surface area (Å²) < 4.78 is 0. The lowest BCUT2D eigenvalue weighted by Crippen LogP contribution is -2.39. The topological polar surface area (TPSA) is 38.9 Å². The fourth-order valence-corrected chi connectivity index (χ4v) is 2.07. The lowest BCUT2D eigenvalue weighted by molar-refractivity contribution is 0.144. The van der Waals surface area contributed by atoms with Crippen molar-refractivity contribution in [1.82, 2.24) is 4.98 Å². The molecule has 0 aromatic carbocycles. The smallest absolute Gasteiger partial charge is 0.0300 e. The molecule has 1 aromatic heterocycles. The lowest BCUT2D eigenvalue weighted by atomic mass is 9.65. The van der Waals surface area contributed by atoms with Crippen LogP contribution in [0.2, 0.25) is 0 Å². The van der Waals surface area contributed by atoms with E-state index in [4.69, 9.17) is 5.73 Å². The molecule has 1 aliphatic rings. The summed E-state index contributed by atoms with van der Waals surface area (Å²) in [5, 5.41) is 0. The molecule has 1 aromatic rings. The average Bonchev–Trinajstić information content (AvgIpc) is 2.13. The molecule has 0 atom stereocenters. The van der Waals surface area contributed by atoms with Crippen LogP contribution in [0, 0.1) is 5.41 Å². The van der Waals surface area contributed by atoms with Gasteiger partial charge in [-0.05, 0) is 42.9 Å². The highest BCUT2D eigenvalue weighted by molar-refractivity contribution is 5.12. The Morgan fingerprint density at radius 1 is 1.46 bits per heavy atom. The Bertz CT molecular complexity index is 259. The van der Waals surface area contributed by atoms with Gasteiger partial charge in [0.2, 0.25) is 0 Å². The van der Waals surface area contributed by atoms with Crippen LogP contribution in [0.5, 0.6) is 0 Å². The van der Waals surface area contributed by atoms with Crippen LogP contribution < -0.4 is 5.73 Å². The fourth-order valence-electron chi connectivity index (χ4n) is 2.07. The molecule has 2 heteroatoms. The highest BCUT2D eigenvalue weighted by Crippen LogP contribution is 2.42. The van der Waals surface area contributed by atoms with Crippen molar-refractivity contribution < 1.29 is 0 Å². The molecule has 1 saturated carbocycles. The molecule has 0 radical (unpaired) electrons. The van der Waals surface area contributed by atoms with E-state index < -0.39 is 0 Å². The van der Waals surface area contributed by atoms with Crippen molar-refractivity contribution in [2.75, 3.05) is 6.54 Å². The first-order valence-corrected chi connectivity index (χ1v) is 4.94. The molecule has 2 nitrogen and oxygen atoms in total. The minimum Gasteiger partial charge on any atom is -0.330 e. The maximum absolute atomic E-state index is 5.80. The number of hydrogen-bond acceptors (Lipinski definition) is 2. The number of nitrogens with zero attached hydrogens (tertiary/aromatic N) is 1. The van der Waals surface area contributed by atoms with E-state index in [0.717, 1.165) is 13.0 Å². The molecule has 0 spiro atoms. The molecule has 2 rings (SSSR count). The molecule has 70 valence electrons. The van der Waals surface area contributed by atoms with Crippen molar-refractivity contribution in [2.24, 2.45) is 11.1 Å². The SMILES string of the molecule is NCC1(Cc2cccnc2)CCC1. The van der Waals surface area contributed by atoms with Gasteiger partial charge in [0.05, 0.1) is 0 Å². The van der Waals surface area contributed by atoms with Gasteiger partial charge >= 0.3 is 0 Å². The second-order valence-electron chi connectivity index (χ2n) is 4.10. The Kier molecular flexibility index (Phi) is 2.32. The summed E-state index contributed by atoms with van der Waals surface area (Å²) in [6.07, 6.45) is 8.81. The van der Waals surface area contributed by atoms with E-state index in [2.05, 4.69) is 11.1 Å². The van der Waals surface area contributed by atoms with Crippen molar-refractivity contribution in [3.63, 3.8) is 0 Å². The van der Waals surface area contributed by atoms with E-state index in [9.17, 15) is 0 Å². The van der Waals surface area contributed by atoms with E-state index in [1.54, 1.807) is 0 Å². The molecule has 0 unspecified atom stereocenters. The van der Waals surface area contributed by atoms with E-state index in [-0.39, 0.29) is 0 Å². The van der Waals surface area contributed by atoms with Crippen molar-refractivity contribution >= 4 is 0 Å². The Hall–Kier alpha value is -0.890. The summed E-state index contributed by atoms with van der Waals surface area (Å²) in [6.45, 7) is 0.821. The molecule has 2 N–H and O–H groups in total. The summed E-state index contributed by atoms with van der Waals surface area (Å²) in [4.78, 5) is 4.12. The zero-order chi connectivity index (χ0) is 9.15. The summed E-state index contributed by atoms with van der Waals surface area (Å²) in [7, 11) is 0. The predicted octanol–water partition coefficient (Wildman–Crippen LogP) is 1.75. The standard InChI is InChI=1S/C11H16N2/c12-9-11(4-2-5-11)7-10-3-1-6-13-8-10/h1,3,6,8H,2,4-5,7,9,12H2. The second-order valence-corrected chi connectivity index (χ2v) is 4.10. The van der Waals surface area contributed by atoms with Gasteiger partial charge in [0.1, 0.15) is 0 Å². The molecule has 0 amide bonds. The molecule has 1 heterocycles. The molecule has 1 aliphatic carbocycles. The number of hydrogen-bond donors (Lipinski definition) is 1. The molecular formula is C11H16N2. The second kappa shape index (κ2) is 3.46. The van der Waals surface area contributed by atoms with Gasteiger partial charge in [0.15, 0.2) is 0 Å². The van der Waals surface area contributed by atoms with Crippen molar-refractivity contribution in [3.8, 4) is 0 Å². The van der Waals surface area contributed by atoms with E-state index in [0.29, 0.717) is 5.41 Å². The van der Waals surface area contributed by atoms with Gasteiger partial charge in [-0.15, -0.1) is 0 Å². The van der Waals surface area contributed by atoms with Crippen LogP contribution in [0.4, 0.5) is 0 Å². The molecule has 0 bridgehead atoms. The van der Waals surface area contributed by atoms with Crippen LogP contribution in [-0.4, -0.2) is 11.5 Å².